The second-order valence-corrected chi connectivity index (χ2v) is 0.696. The van der Waals surface area contributed by atoms with E-state index in [-0.39, 0.29) is 0 Å². The van der Waals surface area contributed by atoms with Crippen molar-refractivity contribution in [3.05, 3.63) is 28.6 Å². The van der Waals surface area contributed by atoms with Gasteiger partial charge in [0.05, 0.1) is 0 Å². The zero-order chi connectivity index (χ0) is 6.99. The van der Waals surface area contributed by atoms with Gasteiger partial charge in [-0.25, -0.2) is 0 Å². The van der Waals surface area contributed by atoms with Gasteiger partial charge < -0.3 is 16.8 Å². The van der Waals surface area contributed by atoms with E-state index in [0.29, 0.717) is 0 Å². The molecule has 0 spiro atoms. The molecule has 5 heteroatoms. The fourth-order valence-corrected chi connectivity index (χ4v) is 0. The van der Waals surface area contributed by atoms with Gasteiger partial charge in [-0.3, -0.25) is 9.71 Å². The van der Waals surface area contributed by atoms with Crippen molar-refractivity contribution in [2.24, 2.45) is 5.73 Å². The van der Waals surface area contributed by atoms with Crippen molar-refractivity contribution < 1.29 is 4.79 Å². The number of nitrogens with two attached hydrogens (primary N) is 1. The molecular formula is C3H5N4O-. The maximum atomic E-state index is 9.47. The lowest BCUT2D eigenvalue weighted by atomic mass is 10.6. The van der Waals surface area contributed by atoms with E-state index in [9.17, 15) is 4.79 Å². The largest absolute Gasteiger partial charge is 0.373 e. The quantitative estimate of drug-likeness (QED) is 0.228. The number of rotatable bonds is 1. The van der Waals surface area contributed by atoms with Crippen LogP contribution in [0.1, 0.15) is 0 Å². The van der Waals surface area contributed by atoms with Crippen LogP contribution >= 0.6 is 0 Å². The summed E-state index contributed by atoms with van der Waals surface area (Å²) in [4.78, 5) is 11.0. The first kappa shape index (κ1) is 9.72. The molecule has 0 atom stereocenters. The molecule has 0 bridgehead atoms. The SMILES string of the molecule is C=CC(N)=O.[N-]=[N+]=[N-]. The minimum absolute atomic E-state index is 0.481. The average molecular weight is 113 g/mol. The van der Waals surface area contributed by atoms with Gasteiger partial charge in [0, 0.05) is 0 Å². The summed E-state index contributed by atoms with van der Waals surface area (Å²) in [6.45, 7) is 3.09. The van der Waals surface area contributed by atoms with Crippen LogP contribution in [0.4, 0.5) is 0 Å². The standard InChI is InChI=1S/C3H5NO.N3/c1-2-3(4)5;1-3-2/h2H,1H2,(H2,4,5);/q;-1. The van der Waals surface area contributed by atoms with Crippen LogP contribution in [0.3, 0.4) is 0 Å². The Balaban J connectivity index is 0. The molecule has 0 saturated heterocycles. The summed E-state index contributed by atoms with van der Waals surface area (Å²) in [7, 11) is 0. The summed E-state index contributed by atoms with van der Waals surface area (Å²) in [6, 6.07) is 0. The Morgan fingerprint density at radius 3 is 1.88 bits per heavy atom. The molecule has 0 aliphatic heterocycles. The zero-order valence-corrected chi connectivity index (χ0v) is 4.11. The van der Waals surface area contributed by atoms with E-state index in [1.54, 1.807) is 0 Å². The van der Waals surface area contributed by atoms with Crippen LogP contribution in [0.2, 0.25) is 0 Å². The summed E-state index contributed by atoms with van der Waals surface area (Å²) in [5, 5.41) is 0. The normalized spacial score (nSPS) is 5.00. The van der Waals surface area contributed by atoms with Crippen molar-refractivity contribution in [2.75, 3.05) is 0 Å². The van der Waals surface area contributed by atoms with Crippen LogP contribution in [0.5, 0.6) is 0 Å². The molecule has 1 amide bonds. The molecule has 0 unspecified atom stereocenters. The topological polar surface area (TPSA) is 102 Å². The number of primary amides is 1. The molecule has 0 aromatic heterocycles. The summed E-state index contributed by atoms with van der Waals surface area (Å²) < 4.78 is 0. The molecule has 0 fully saturated rings. The van der Waals surface area contributed by atoms with Gasteiger partial charge in [0.2, 0.25) is 5.91 Å². The summed E-state index contributed by atoms with van der Waals surface area (Å²) in [6.07, 6.45) is 1.06. The number of hydrogen-bond acceptors (Lipinski definition) is 1. The predicted molar refractivity (Wildman–Crippen MR) is 29.5 cm³/mol. The Hall–Kier alpha value is -1.48. The van der Waals surface area contributed by atoms with E-state index in [4.69, 9.17) is 11.1 Å². The van der Waals surface area contributed by atoms with E-state index in [1.165, 1.54) is 4.91 Å². The Labute approximate surface area is 46.2 Å². The first-order valence-electron chi connectivity index (χ1n) is 1.59. The third-order valence-corrected chi connectivity index (χ3v) is 0.201. The average Bonchev–Trinajstić information content (AvgIpc) is 1.69. The molecule has 5 nitrogen and oxygen atoms in total. The van der Waals surface area contributed by atoms with Gasteiger partial charge in [-0.1, -0.05) is 6.58 Å². The molecule has 0 aliphatic carbocycles. The highest BCUT2D eigenvalue weighted by atomic mass is 16.1. The fraction of sp³-hybridized carbons (Fsp3) is 0. The highest BCUT2D eigenvalue weighted by Crippen LogP contribution is 1.48. The predicted octanol–water partition coefficient (Wildman–Crippen LogP) is 0.524. The smallest absolute Gasteiger partial charge is 0.240 e. The van der Waals surface area contributed by atoms with Crippen LogP contribution in [0, 0.1) is 0 Å². The van der Waals surface area contributed by atoms with Gasteiger partial charge in [0.1, 0.15) is 0 Å². The minimum Gasteiger partial charge on any atom is -0.373 e. The second-order valence-electron chi connectivity index (χ2n) is 0.696. The van der Waals surface area contributed by atoms with Crippen LogP contribution in [0.15, 0.2) is 12.7 Å². The van der Waals surface area contributed by atoms with Crippen LogP contribution in [-0.2, 0) is 4.79 Å². The Bertz CT molecular complexity index is 112. The van der Waals surface area contributed by atoms with Gasteiger partial charge in [0.25, 0.3) is 0 Å². The minimum atomic E-state index is -0.481. The second kappa shape index (κ2) is 9.10. The Kier molecular flexibility index (Phi) is 11.1. The molecule has 8 heavy (non-hydrogen) atoms. The van der Waals surface area contributed by atoms with E-state index in [2.05, 4.69) is 12.3 Å². The highest BCUT2D eigenvalue weighted by molar-refractivity contribution is 5.84. The molecule has 44 valence electrons. The maximum Gasteiger partial charge on any atom is 0.240 e. The van der Waals surface area contributed by atoms with Crippen molar-refractivity contribution in [3.63, 3.8) is 0 Å². The monoisotopic (exact) mass is 113 g/mol. The van der Waals surface area contributed by atoms with Gasteiger partial charge in [0.15, 0.2) is 0 Å². The van der Waals surface area contributed by atoms with Crippen LogP contribution < -0.4 is 5.73 Å². The highest BCUT2D eigenvalue weighted by Gasteiger charge is 1.69. The number of amides is 1. The lowest BCUT2D eigenvalue weighted by molar-refractivity contribution is -0.113. The summed E-state index contributed by atoms with van der Waals surface area (Å²) in [5.41, 5.74) is 18.0. The van der Waals surface area contributed by atoms with Gasteiger partial charge in [-0.2, -0.15) is 0 Å². The molecule has 0 aromatic carbocycles. The van der Waals surface area contributed by atoms with Crippen molar-refractivity contribution >= 4 is 5.91 Å². The molecule has 0 saturated carbocycles. The zero-order valence-electron chi connectivity index (χ0n) is 4.11. The number of hydrogen-bond donors (Lipinski definition) is 1. The first-order valence-corrected chi connectivity index (χ1v) is 1.59. The Morgan fingerprint density at radius 2 is 1.88 bits per heavy atom. The molecule has 0 radical (unpaired) electrons. The van der Waals surface area contributed by atoms with E-state index in [0.717, 1.165) is 6.08 Å². The lowest BCUT2D eigenvalue weighted by Crippen LogP contribution is -2.04. The van der Waals surface area contributed by atoms with Crippen molar-refractivity contribution in [1.29, 1.82) is 0 Å². The first-order chi connectivity index (χ1) is 3.68. The number of carbonyl (C=O) groups is 1. The van der Waals surface area contributed by atoms with Gasteiger partial charge in [-0.05, 0) is 6.08 Å². The van der Waals surface area contributed by atoms with Crippen molar-refractivity contribution in [2.45, 2.75) is 0 Å². The Morgan fingerprint density at radius 1 is 1.75 bits per heavy atom. The van der Waals surface area contributed by atoms with Crippen LogP contribution in [0.25, 0.3) is 16.0 Å². The van der Waals surface area contributed by atoms with Crippen molar-refractivity contribution in [3.8, 4) is 0 Å². The van der Waals surface area contributed by atoms with E-state index in [1.807, 2.05) is 0 Å². The van der Waals surface area contributed by atoms with Gasteiger partial charge in [-0.15, -0.1) is 0 Å². The van der Waals surface area contributed by atoms with E-state index >= 15 is 0 Å². The summed E-state index contributed by atoms with van der Waals surface area (Å²) >= 11 is 0. The van der Waals surface area contributed by atoms with E-state index < -0.39 is 5.91 Å². The third-order valence-electron chi connectivity index (χ3n) is 0.201. The molecular weight excluding hydrogens is 108 g/mol. The molecule has 0 rings (SSSR count). The number of carbonyl (C=O) groups excluding carboxylic acids is 1. The molecule has 2 N–H and O–H groups in total. The van der Waals surface area contributed by atoms with Gasteiger partial charge >= 0.3 is 0 Å². The maximum absolute atomic E-state index is 9.47. The summed E-state index contributed by atoms with van der Waals surface area (Å²) in [5.74, 6) is -0.481. The lowest BCUT2D eigenvalue weighted by Gasteiger charge is -1.65. The third kappa shape index (κ3) is 207. The fourth-order valence-electron chi connectivity index (χ4n) is 0. The van der Waals surface area contributed by atoms with Crippen molar-refractivity contribution in [1.82, 2.24) is 0 Å². The molecule has 0 aliphatic rings. The van der Waals surface area contributed by atoms with Crippen LogP contribution in [-0.4, -0.2) is 5.91 Å². The molecule has 0 heterocycles. The molecule has 0 aromatic rings. The number of nitrogens with zero attached hydrogens (tertiary/aromatic N) is 3.